The van der Waals surface area contributed by atoms with Gasteiger partial charge in [-0.2, -0.15) is 0 Å². The number of allylic oxidation sites excluding steroid dienone is 6. The topological polar surface area (TPSA) is 78.9 Å². The Morgan fingerprint density at radius 3 is 1.00 bits per heavy atom. The Hall–Kier alpha value is -2.37. The van der Waals surface area contributed by atoms with Crippen molar-refractivity contribution in [3.8, 4) is 0 Å². The predicted octanol–water partition coefficient (Wildman–Crippen LogP) is 16.1. The van der Waals surface area contributed by atoms with Gasteiger partial charge in [-0.3, -0.25) is 14.4 Å². The molecule has 1 atom stereocenters. The summed E-state index contributed by atoms with van der Waals surface area (Å²) in [4.78, 5) is 37.7. The molecular formula is C52H94O6. The summed E-state index contributed by atoms with van der Waals surface area (Å²) in [5.74, 6) is -0.893. The molecule has 0 rings (SSSR count). The maximum Gasteiger partial charge on any atom is 0.306 e. The molecule has 6 nitrogen and oxygen atoms in total. The molecule has 0 aromatic carbocycles. The fourth-order valence-corrected chi connectivity index (χ4v) is 7.05. The summed E-state index contributed by atoms with van der Waals surface area (Å²) in [7, 11) is 0. The van der Waals surface area contributed by atoms with Crippen LogP contribution in [0.4, 0.5) is 0 Å². The number of ether oxygens (including phenoxy) is 3. The van der Waals surface area contributed by atoms with E-state index in [1.54, 1.807) is 0 Å². The molecule has 0 heterocycles. The number of carbonyl (C=O) groups is 3. The van der Waals surface area contributed by atoms with Crippen molar-refractivity contribution in [3.63, 3.8) is 0 Å². The predicted molar refractivity (Wildman–Crippen MR) is 247 cm³/mol. The van der Waals surface area contributed by atoms with Gasteiger partial charge in [0.05, 0.1) is 0 Å². The zero-order valence-electron chi connectivity index (χ0n) is 38.6. The molecule has 338 valence electrons. The van der Waals surface area contributed by atoms with Crippen molar-refractivity contribution in [1.29, 1.82) is 0 Å². The van der Waals surface area contributed by atoms with Gasteiger partial charge < -0.3 is 14.2 Å². The average Bonchev–Trinajstić information content (AvgIpc) is 3.22. The van der Waals surface area contributed by atoms with E-state index in [9.17, 15) is 14.4 Å². The van der Waals surface area contributed by atoms with E-state index in [1.807, 2.05) is 0 Å². The van der Waals surface area contributed by atoms with E-state index >= 15 is 0 Å². The summed E-state index contributed by atoms with van der Waals surface area (Å²) in [5.41, 5.74) is 0. The van der Waals surface area contributed by atoms with Gasteiger partial charge in [0.15, 0.2) is 6.10 Å². The smallest absolute Gasteiger partial charge is 0.306 e. The monoisotopic (exact) mass is 815 g/mol. The Morgan fingerprint density at radius 1 is 0.345 bits per heavy atom. The number of carbonyl (C=O) groups excluding carboxylic acids is 3. The minimum absolute atomic E-state index is 0.0766. The molecule has 0 saturated heterocycles. The van der Waals surface area contributed by atoms with Crippen molar-refractivity contribution >= 4 is 17.9 Å². The lowest BCUT2D eigenvalue weighted by atomic mass is 10.1. The molecule has 0 radical (unpaired) electrons. The van der Waals surface area contributed by atoms with E-state index in [0.717, 1.165) is 77.0 Å². The van der Waals surface area contributed by atoms with Crippen LogP contribution in [0.5, 0.6) is 0 Å². The van der Waals surface area contributed by atoms with Crippen LogP contribution >= 0.6 is 0 Å². The van der Waals surface area contributed by atoms with Crippen LogP contribution in [0.15, 0.2) is 36.5 Å². The van der Waals surface area contributed by atoms with Gasteiger partial charge in [0.1, 0.15) is 13.2 Å². The quantitative estimate of drug-likeness (QED) is 0.0264. The molecular weight excluding hydrogens is 721 g/mol. The summed E-state index contributed by atoms with van der Waals surface area (Å²) in [6, 6.07) is 0. The molecule has 0 saturated carbocycles. The molecule has 1 unspecified atom stereocenters. The molecule has 0 aromatic rings. The molecule has 0 fully saturated rings. The lowest BCUT2D eigenvalue weighted by molar-refractivity contribution is -0.167. The Balaban J connectivity index is 4.28. The Labute approximate surface area is 359 Å². The fourth-order valence-electron chi connectivity index (χ4n) is 7.05. The first-order valence-corrected chi connectivity index (χ1v) is 25.0. The molecule has 0 amide bonds. The van der Waals surface area contributed by atoms with Gasteiger partial charge in [0.2, 0.25) is 0 Å². The third-order valence-corrected chi connectivity index (χ3v) is 10.9. The molecule has 0 N–H and O–H groups in total. The van der Waals surface area contributed by atoms with Crippen LogP contribution in [0, 0.1) is 0 Å². The average molecular weight is 815 g/mol. The molecule has 0 aliphatic carbocycles. The normalized spacial score (nSPS) is 12.3. The summed E-state index contributed by atoms with van der Waals surface area (Å²) >= 11 is 0. The number of hydrogen-bond acceptors (Lipinski definition) is 6. The minimum Gasteiger partial charge on any atom is -0.462 e. The third kappa shape index (κ3) is 44.7. The van der Waals surface area contributed by atoms with E-state index in [0.29, 0.717) is 19.3 Å². The van der Waals surface area contributed by atoms with E-state index in [4.69, 9.17) is 14.2 Å². The summed E-state index contributed by atoms with van der Waals surface area (Å²) in [6.07, 6.45) is 54.2. The van der Waals surface area contributed by atoms with Gasteiger partial charge in [0, 0.05) is 19.3 Å². The van der Waals surface area contributed by atoms with Crippen LogP contribution < -0.4 is 0 Å². The maximum absolute atomic E-state index is 12.7. The first kappa shape index (κ1) is 55.6. The zero-order chi connectivity index (χ0) is 42.3. The molecule has 0 bridgehead atoms. The zero-order valence-corrected chi connectivity index (χ0v) is 38.6. The highest BCUT2D eigenvalue weighted by atomic mass is 16.6. The molecule has 58 heavy (non-hydrogen) atoms. The molecule has 0 spiro atoms. The van der Waals surface area contributed by atoms with Crippen molar-refractivity contribution < 1.29 is 28.6 Å². The van der Waals surface area contributed by atoms with Crippen molar-refractivity contribution in [2.24, 2.45) is 0 Å². The van der Waals surface area contributed by atoms with Crippen molar-refractivity contribution in [1.82, 2.24) is 0 Å². The first-order valence-electron chi connectivity index (χ1n) is 25.0. The molecule has 6 heteroatoms. The van der Waals surface area contributed by atoms with E-state index in [-0.39, 0.29) is 31.1 Å². The SMILES string of the molecule is CCCCC/C=C\C/C=C\CCCCCCCCCC(=O)OCC(COC(=O)CCCCCCCCC)OC(=O)CCCCCCC/C=C\CCCCCCCCC. The van der Waals surface area contributed by atoms with Crippen LogP contribution in [-0.2, 0) is 28.6 Å². The number of esters is 3. The van der Waals surface area contributed by atoms with Gasteiger partial charge in [-0.05, 0) is 77.0 Å². The number of unbranched alkanes of at least 4 members (excludes halogenated alkanes) is 28. The van der Waals surface area contributed by atoms with Crippen LogP contribution in [0.2, 0.25) is 0 Å². The van der Waals surface area contributed by atoms with Gasteiger partial charge in [-0.15, -0.1) is 0 Å². The fraction of sp³-hybridized carbons (Fsp3) is 0.827. The van der Waals surface area contributed by atoms with E-state index in [2.05, 4.69) is 57.2 Å². The van der Waals surface area contributed by atoms with Gasteiger partial charge in [0.25, 0.3) is 0 Å². The Morgan fingerprint density at radius 2 is 0.621 bits per heavy atom. The summed E-state index contributed by atoms with van der Waals surface area (Å²) in [6.45, 7) is 6.56. The highest BCUT2D eigenvalue weighted by molar-refractivity contribution is 5.71. The highest BCUT2D eigenvalue weighted by Crippen LogP contribution is 2.14. The first-order chi connectivity index (χ1) is 28.5. The third-order valence-electron chi connectivity index (χ3n) is 10.9. The molecule has 0 aromatic heterocycles. The van der Waals surface area contributed by atoms with E-state index in [1.165, 1.54) is 141 Å². The lowest BCUT2D eigenvalue weighted by Crippen LogP contribution is -2.30. The largest absolute Gasteiger partial charge is 0.462 e. The Bertz CT molecular complexity index is 984. The second-order valence-corrected chi connectivity index (χ2v) is 16.7. The summed E-state index contributed by atoms with van der Waals surface area (Å²) in [5, 5.41) is 0. The van der Waals surface area contributed by atoms with Crippen LogP contribution in [0.3, 0.4) is 0 Å². The second kappa shape index (κ2) is 47.3. The highest BCUT2D eigenvalue weighted by Gasteiger charge is 2.19. The minimum atomic E-state index is -0.774. The Kier molecular flexibility index (Phi) is 45.4. The van der Waals surface area contributed by atoms with Gasteiger partial charge >= 0.3 is 17.9 Å². The van der Waals surface area contributed by atoms with Gasteiger partial charge in [-0.1, -0.05) is 198 Å². The molecule has 0 aliphatic rings. The van der Waals surface area contributed by atoms with Crippen LogP contribution in [0.1, 0.15) is 258 Å². The summed E-state index contributed by atoms with van der Waals surface area (Å²) < 4.78 is 16.7. The lowest BCUT2D eigenvalue weighted by Gasteiger charge is -2.18. The van der Waals surface area contributed by atoms with Crippen LogP contribution in [0.25, 0.3) is 0 Å². The van der Waals surface area contributed by atoms with Crippen molar-refractivity contribution in [2.75, 3.05) is 13.2 Å². The molecule has 0 aliphatic heterocycles. The van der Waals surface area contributed by atoms with Crippen molar-refractivity contribution in [3.05, 3.63) is 36.5 Å². The number of rotatable bonds is 45. The number of hydrogen-bond donors (Lipinski definition) is 0. The van der Waals surface area contributed by atoms with Crippen LogP contribution in [-0.4, -0.2) is 37.2 Å². The maximum atomic E-state index is 12.7. The second-order valence-electron chi connectivity index (χ2n) is 16.7. The van der Waals surface area contributed by atoms with E-state index < -0.39 is 6.10 Å². The van der Waals surface area contributed by atoms with Crippen molar-refractivity contribution in [2.45, 2.75) is 264 Å². The standard InChI is InChI=1S/C52H94O6/c1-4-7-10-13-16-18-20-22-24-26-28-29-31-33-36-39-42-45-51(54)57-48-49(47-56-50(53)44-41-38-35-15-12-9-6-3)58-52(55)46-43-40-37-34-32-30-27-25-23-21-19-17-14-11-8-5-2/h16,18,22,24-25,27,49H,4-15,17,19-21,23,26,28-48H2,1-3H3/b18-16-,24-22-,27-25-. The van der Waals surface area contributed by atoms with Gasteiger partial charge in [-0.25, -0.2) is 0 Å².